The summed E-state index contributed by atoms with van der Waals surface area (Å²) in [6.07, 6.45) is 1.82. The van der Waals surface area contributed by atoms with Gasteiger partial charge in [0.15, 0.2) is 0 Å². The van der Waals surface area contributed by atoms with Crippen molar-refractivity contribution in [2.24, 2.45) is 0 Å². The molecule has 0 spiro atoms. The van der Waals surface area contributed by atoms with Gasteiger partial charge in [0, 0.05) is 0 Å². The van der Waals surface area contributed by atoms with Crippen LogP contribution in [0.4, 0.5) is 0 Å². The highest BCUT2D eigenvalue weighted by Gasteiger charge is 2.11. The summed E-state index contributed by atoms with van der Waals surface area (Å²) in [6, 6.07) is 11.9. The highest BCUT2D eigenvalue weighted by atomic mass is 35.5. The summed E-state index contributed by atoms with van der Waals surface area (Å²) in [5.74, 6) is 0.891. The fourth-order valence-corrected chi connectivity index (χ4v) is 2.65. The first kappa shape index (κ1) is 13.1. The van der Waals surface area contributed by atoms with Crippen molar-refractivity contribution >= 4 is 34.0 Å². The lowest BCUT2D eigenvalue weighted by Crippen LogP contribution is -1.80. The fourth-order valence-electron chi connectivity index (χ4n) is 1.79. The van der Waals surface area contributed by atoms with Gasteiger partial charge >= 0.3 is 0 Å². The van der Waals surface area contributed by atoms with Gasteiger partial charge in [-0.3, -0.25) is 0 Å². The van der Waals surface area contributed by atoms with Crippen LogP contribution in [0.5, 0.6) is 0 Å². The highest BCUT2D eigenvalue weighted by Crippen LogP contribution is 2.26. The molecule has 0 aliphatic heterocycles. The first-order valence-corrected chi connectivity index (χ1v) is 7.30. The first-order valence-electron chi connectivity index (χ1n) is 6.04. The molecule has 0 atom stereocenters. The fraction of sp³-hybridized carbons (Fsp3) is 0.0667. The van der Waals surface area contributed by atoms with Crippen LogP contribution < -0.4 is 0 Å². The zero-order valence-corrected chi connectivity index (χ0v) is 12.3. The second kappa shape index (κ2) is 5.61. The smallest absolute Gasteiger partial charge is 0.269 e. The number of nitrogens with zero attached hydrogens (tertiary/aromatic N) is 2. The van der Waals surface area contributed by atoms with Gasteiger partial charge in [0.05, 0.1) is 4.88 Å². The predicted octanol–water partition coefficient (Wildman–Crippen LogP) is 4.84. The third kappa shape index (κ3) is 2.81. The van der Waals surface area contributed by atoms with Crippen LogP contribution >= 0.6 is 22.9 Å². The van der Waals surface area contributed by atoms with Crippen molar-refractivity contribution in [2.45, 2.75) is 6.92 Å². The van der Waals surface area contributed by atoms with Crippen molar-refractivity contribution in [3.8, 4) is 10.7 Å². The second-order valence-corrected chi connectivity index (χ2v) is 5.66. The van der Waals surface area contributed by atoms with E-state index in [0.717, 1.165) is 10.4 Å². The monoisotopic (exact) mass is 302 g/mol. The summed E-state index contributed by atoms with van der Waals surface area (Å²) in [5.41, 5.74) is 2.18. The molecule has 0 amide bonds. The Morgan fingerprint density at radius 1 is 1.30 bits per heavy atom. The third-order valence-corrected chi connectivity index (χ3v) is 3.84. The van der Waals surface area contributed by atoms with Crippen molar-refractivity contribution in [2.75, 3.05) is 0 Å². The Balaban J connectivity index is 1.89. The number of hydrogen-bond acceptors (Lipinski definition) is 4. The minimum absolute atomic E-state index is 0.330. The van der Waals surface area contributed by atoms with Crippen LogP contribution in [0.25, 0.3) is 21.8 Å². The maximum absolute atomic E-state index is 6.24. The molecule has 0 radical (unpaired) electrons. The quantitative estimate of drug-likeness (QED) is 0.694. The molecule has 2 heterocycles. The maximum Gasteiger partial charge on any atom is 0.269 e. The Morgan fingerprint density at radius 2 is 2.20 bits per heavy atom. The van der Waals surface area contributed by atoms with Gasteiger partial charge in [-0.15, -0.1) is 11.3 Å². The molecule has 100 valence electrons. The van der Waals surface area contributed by atoms with Gasteiger partial charge in [-0.1, -0.05) is 52.7 Å². The number of rotatable bonds is 3. The second-order valence-electron chi connectivity index (χ2n) is 4.31. The zero-order valence-electron chi connectivity index (χ0n) is 10.7. The van der Waals surface area contributed by atoms with Crippen molar-refractivity contribution < 1.29 is 4.52 Å². The van der Waals surface area contributed by atoms with E-state index in [1.54, 1.807) is 11.3 Å². The molecular formula is C15H11ClN2OS. The van der Waals surface area contributed by atoms with E-state index in [-0.39, 0.29) is 0 Å². The minimum Gasteiger partial charge on any atom is -0.333 e. The van der Waals surface area contributed by atoms with E-state index < -0.39 is 0 Å². The largest absolute Gasteiger partial charge is 0.333 e. The molecule has 0 aliphatic rings. The Hall–Kier alpha value is -1.91. The summed E-state index contributed by atoms with van der Waals surface area (Å²) in [7, 11) is 0. The Kier molecular flexibility index (Phi) is 3.67. The summed E-state index contributed by atoms with van der Waals surface area (Å²) < 4.78 is 5.20. The van der Waals surface area contributed by atoms with Gasteiger partial charge in [-0.25, -0.2) is 0 Å². The molecule has 0 unspecified atom stereocenters. The van der Waals surface area contributed by atoms with Gasteiger partial charge in [-0.2, -0.15) is 4.98 Å². The Morgan fingerprint density at radius 3 is 2.95 bits per heavy atom. The lowest BCUT2D eigenvalue weighted by molar-refractivity contribution is 0.410. The van der Waals surface area contributed by atoms with Crippen molar-refractivity contribution in [3.63, 3.8) is 0 Å². The van der Waals surface area contributed by atoms with Gasteiger partial charge in [0.2, 0.25) is 5.82 Å². The van der Waals surface area contributed by atoms with E-state index in [1.807, 2.05) is 54.8 Å². The lowest BCUT2D eigenvalue weighted by atomic mass is 10.1. The summed E-state index contributed by atoms with van der Waals surface area (Å²) in [6.45, 7) is 2.03. The minimum atomic E-state index is 0.330. The molecule has 0 N–H and O–H groups in total. The maximum atomic E-state index is 6.24. The number of hydrogen-bond donors (Lipinski definition) is 0. The summed E-state index contributed by atoms with van der Waals surface area (Å²) in [4.78, 5) is 5.26. The normalized spacial score (nSPS) is 11.8. The average molecular weight is 303 g/mol. The summed E-state index contributed by atoms with van der Waals surface area (Å²) >= 11 is 7.80. The zero-order chi connectivity index (χ0) is 13.9. The summed E-state index contributed by atoms with van der Waals surface area (Å²) in [5, 5.41) is 6.34. The van der Waals surface area contributed by atoms with Gasteiger partial charge < -0.3 is 4.52 Å². The number of thiophene rings is 1. The van der Waals surface area contributed by atoms with Crippen molar-refractivity contribution in [3.05, 3.63) is 58.8 Å². The number of aromatic nitrogens is 2. The van der Waals surface area contributed by atoms with Crippen LogP contribution in [0.15, 0.2) is 46.3 Å². The van der Waals surface area contributed by atoms with E-state index in [1.165, 1.54) is 5.56 Å². The Bertz CT molecular complexity index is 747. The molecule has 3 rings (SSSR count). The van der Waals surface area contributed by atoms with Crippen molar-refractivity contribution in [1.29, 1.82) is 0 Å². The molecule has 0 saturated heterocycles. The van der Waals surface area contributed by atoms with E-state index in [2.05, 4.69) is 10.1 Å². The van der Waals surface area contributed by atoms with E-state index in [4.69, 9.17) is 16.1 Å². The number of aryl methyl sites for hydroxylation is 1. The van der Waals surface area contributed by atoms with Crippen LogP contribution in [0, 0.1) is 6.92 Å². The van der Waals surface area contributed by atoms with Crippen LogP contribution in [0.2, 0.25) is 0 Å². The molecule has 20 heavy (non-hydrogen) atoms. The molecule has 1 aromatic carbocycles. The van der Waals surface area contributed by atoms with E-state index in [0.29, 0.717) is 16.7 Å². The molecule has 5 heteroatoms. The molecule has 0 aliphatic carbocycles. The van der Waals surface area contributed by atoms with Gasteiger partial charge in [0.25, 0.3) is 5.89 Å². The lowest BCUT2D eigenvalue weighted by Gasteiger charge is -1.96. The van der Waals surface area contributed by atoms with Crippen LogP contribution in [-0.2, 0) is 0 Å². The van der Waals surface area contributed by atoms with Crippen LogP contribution in [0.3, 0.4) is 0 Å². The van der Waals surface area contributed by atoms with E-state index >= 15 is 0 Å². The molecule has 3 aromatic rings. The SMILES string of the molecule is Cc1cccc(C=C(Cl)c2nc(-c3cccs3)no2)c1. The van der Waals surface area contributed by atoms with Crippen LogP contribution in [0.1, 0.15) is 17.0 Å². The predicted molar refractivity (Wildman–Crippen MR) is 82.5 cm³/mol. The topological polar surface area (TPSA) is 38.9 Å². The van der Waals surface area contributed by atoms with Gasteiger partial charge in [0.1, 0.15) is 5.03 Å². The van der Waals surface area contributed by atoms with Gasteiger partial charge in [-0.05, 0) is 30.0 Å². The molecule has 0 bridgehead atoms. The molecule has 2 aromatic heterocycles. The first-order chi connectivity index (χ1) is 9.72. The molecular weight excluding hydrogens is 292 g/mol. The average Bonchev–Trinajstić information content (AvgIpc) is 3.10. The third-order valence-electron chi connectivity index (χ3n) is 2.71. The Labute approximate surface area is 125 Å². The molecule has 0 saturated carbocycles. The molecule has 0 fully saturated rings. The van der Waals surface area contributed by atoms with Crippen LogP contribution in [-0.4, -0.2) is 10.1 Å². The standard InChI is InChI=1S/C15H11ClN2OS/c1-10-4-2-5-11(8-10)9-12(16)15-17-14(18-19-15)13-6-3-7-20-13/h2-9H,1H3. The molecule has 3 nitrogen and oxygen atoms in total. The van der Waals surface area contributed by atoms with Crippen molar-refractivity contribution in [1.82, 2.24) is 10.1 Å². The number of halogens is 1. The highest BCUT2D eigenvalue weighted by molar-refractivity contribution is 7.13. The van der Waals surface area contributed by atoms with E-state index in [9.17, 15) is 0 Å². The number of benzene rings is 1.